The lowest BCUT2D eigenvalue weighted by Crippen LogP contribution is -2.37. The summed E-state index contributed by atoms with van der Waals surface area (Å²) in [5, 5.41) is 14.3. The third-order valence-electron chi connectivity index (χ3n) is 4.79. The van der Waals surface area contributed by atoms with Crippen molar-refractivity contribution >= 4 is 11.7 Å². The maximum absolute atomic E-state index is 13.0. The maximum Gasteiger partial charge on any atom is 0.322 e. The molecule has 2 heterocycles. The van der Waals surface area contributed by atoms with E-state index < -0.39 is 0 Å². The second-order valence-corrected chi connectivity index (χ2v) is 6.67. The number of aromatic amines is 1. The van der Waals surface area contributed by atoms with Gasteiger partial charge in [0.25, 0.3) is 0 Å². The second-order valence-electron chi connectivity index (χ2n) is 6.67. The van der Waals surface area contributed by atoms with Crippen molar-refractivity contribution in [1.82, 2.24) is 24.9 Å². The zero-order chi connectivity index (χ0) is 20.1. The third kappa shape index (κ3) is 4.40. The van der Waals surface area contributed by atoms with Crippen molar-refractivity contribution < 1.29 is 9.53 Å². The molecule has 28 heavy (non-hydrogen) atoms. The van der Waals surface area contributed by atoms with Crippen LogP contribution in [0.15, 0.2) is 36.5 Å². The lowest BCUT2D eigenvalue weighted by molar-refractivity contribution is 0.152. The van der Waals surface area contributed by atoms with Crippen LogP contribution in [0.3, 0.4) is 0 Å². The number of aryl methyl sites for hydroxylation is 2. The Hall–Kier alpha value is -3.13. The lowest BCUT2D eigenvalue weighted by atomic mass is 10.1. The Bertz CT molecular complexity index is 932. The SMILES string of the molecule is COCCN(Cc1c(C)nn(C)c1C)C(=O)Nc1cccc(-c2ccn[nH]2)c1. The quantitative estimate of drug-likeness (QED) is 0.657. The van der Waals surface area contributed by atoms with E-state index in [0.717, 1.165) is 33.9 Å². The molecule has 0 spiro atoms. The van der Waals surface area contributed by atoms with E-state index in [4.69, 9.17) is 4.74 Å². The molecule has 3 aromatic rings. The number of urea groups is 1. The van der Waals surface area contributed by atoms with Crippen molar-refractivity contribution in [3.05, 3.63) is 53.5 Å². The number of carbonyl (C=O) groups excluding carboxylic acids is 1. The van der Waals surface area contributed by atoms with Crippen LogP contribution in [0, 0.1) is 13.8 Å². The number of ether oxygens (including phenoxy) is 1. The number of rotatable bonds is 7. The minimum Gasteiger partial charge on any atom is -0.383 e. The lowest BCUT2D eigenvalue weighted by Gasteiger charge is -2.23. The standard InChI is InChI=1S/C20H26N6O2/c1-14-18(15(2)25(3)24-14)13-26(10-11-28-4)20(27)22-17-7-5-6-16(12-17)19-8-9-21-23-19/h5-9,12H,10-11,13H2,1-4H3,(H,21,23)(H,22,27). The van der Waals surface area contributed by atoms with Crippen molar-refractivity contribution in [3.8, 4) is 11.3 Å². The van der Waals surface area contributed by atoms with Crippen LogP contribution in [-0.2, 0) is 18.3 Å². The monoisotopic (exact) mass is 382 g/mol. The fraction of sp³-hybridized carbons (Fsp3) is 0.350. The molecular formula is C20H26N6O2. The number of amides is 2. The Labute approximate surface area is 164 Å². The summed E-state index contributed by atoms with van der Waals surface area (Å²) in [6.45, 7) is 5.38. The highest BCUT2D eigenvalue weighted by atomic mass is 16.5. The highest BCUT2D eigenvalue weighted by Crippen LogP contribution is 2.21. The Morgan fingerprint density at radius 2 is 2.14 bits per heavy atom. The Kier molecular flexibility index (Phi) is 6.10. The summed E-state index contributed by atoms with van der Waals surface area (Å²) < 4.78 is 7.03. The zero-order valence-electron chi connectivity index (χ0n) is 16.7. The molecule has 2 N–H and O–H groups in total. The molecule has 3 rings (SSSR count). The number of benzene rings is 1. The molecule has 0 saturated heterocycles. The molecule has 2 aromatic heterocycles. The molecule has 8 nitrogen and oxygen atoms in total. The molecule has 0 radical (unpaired) electrons. The summed E-state index contributed by atoms with van der Waals surface area (Å²) >= 11 is 0. The fourth-order valence-electron chi connectivity index (χ4n) is 3.07. The molecule has 0 aliphatic heterocycles. The topological polar surface area (TPSA) is 88.1 Å². The van der Waals surface area contributed by atoms with Crippen LogP contribution in [0.25, 0.3) is 11.3 Å². The van der Waals surface area contributed by atoms with Gasteiger partial charge in [-0.2, -0.15) is 10.2 Å². The van der Waals surface area contributed by atoms with Crippen molar-refractivity contribution in [2.45, 2.75) is 20.4 Å². The van der Waals surface area contributed by atoms with Crippen LogP contribution in [0.5, 0.6) is 0 Å². The van der Waals surface area contributed by atoms with Crippen molar-refractivity contribution in [2.75, 3.05) is 25.6 Å². The first-order valence-electron chi connectivity index (χ1n) is 9.13. The molecule has 0 fully saturated rings. The minimum atomic E-state index is -0.179. The van der Waals surface area contributed by atoms with Crippen LogP contribution in [-0.4, -0.2) is 51.2 Å². The van der Waals surface area contributed by atoms with Gasteiger partial charge in [-0.1, -0.05) is 12.1 Å². The minimum absolute atomic E-state index is 0.179. The Balaban J connectivity index is 1.77. The summed E-state index contributed by atoms with van der Waals surface area (Å²) in [6.07, 6.45) is 1.70. The summed E-state index contributed by atoms with van der Waals surface area (Å²) in [5.41, 5.74) is 5.61. The van der Waals surface area contributed by atoms with Gasteiger partial charge in [0.1, 0.15) is 0 Å². The van der Waals surface area contributed by atoms with Crippen LogP contribution in [0.1, 0.15) is 17.0 Å². The van der Waals surface area contributed by atoms with E-state index in [2.05, 4.69) is 20.6 Å². The van der Waals surface area contributed by atoms with E-state index in [9.17, 15) is 4.79 Å². The van der Waals surface area contributed by atoms with Gasteiger partial charge in [-0.3, -0.25) is 9.78 Å². The van der Waals surface area contributed by atoms with Gasteiger partial charge in [-0.05, 0) is 32.0 Å². The highest BCUT2D eigenvalue weighted by Gasteiger charge is 2.19. The number of hydrogen-bond acceptors (Lipinski definition) is 4. The molecule has 1 aromatic carbocycles. The van der Waals surface area contributed by atoms with E-state index >= 15 is 0 Å². The van der Waals surface area contributed by atoms with Gasteiger partial charge >= 0.3 is 6.03 Å². The number of aromatic nitrogens is 4. The largest absolute Gasteiger partial charge is 0.383 e. The molecule has 0 aliphatic rings. The van der Waals surface area contributed by atoms with Crippen LogP contribution < -0.4 is 5.32 Å². The summed E-state index contributed by atoms with van der Waals surface area (Å²) in [5.74, 6) is 0. The molecule has 8 heteroatoms. The Morgan fingerprint density at radius 3 is 2.79 bits per heavy atom. The average molecular weight is 382 g/mol. The normalized spacial score (nSPS) is 10.9. The number of methoxy groups -OCH3 is 1. The van der Waals surface area contributed by atoms with Crippen LogP contribution >= 0.6 is 0 Å². The first-order valence-corrected chi connectivity index (χ1v) is 9.13. The van der Waals surface area contributed by atoms with Crippen LogP contribution in [0.4, 0.5) is 10.5 Å². The predicted octanol–water partition coefficient (Wildman–Crippen LogP) is 3.11. The summed E-state index contributed by atoms with van der Waals surface area (Å²) in [6, 6.07) is 9.36. The van der Waals surface area contributed by atoms with Gasteiger partial charge in [-0.15, -0.1) is 0 Å². The molecule has 0 aliphatic carbocycles. The summed E-state index contributed by atoms with van der Waals surface area (Å²) in [4.78, 5) is 14.7. The third-order valence-corrected chi connectivity index (χ3v) is 4.79. The predicted molar refractivity (Wildman–Crippen MR) is 108 cm³/mol. The number of carbonyl (C=O) groups is 1. The smallest absolute Gasteiger partial charge is 0.322 e. The highest BCUT2D eigenvalue weighted by molar-refractivity contribution is 5.90. The van der Waals surface area contributed by atoms with Gasteiger partial charge in [0.15, 0.2) is 0 Å². The number of anilines is 1. The molecule has 2 amide bonds. The van der Waals surface area contributed by atoms with Gasteiger partial charge in [0.05, 0.1) is 24.5 Å². The van der Waals surface area contributed by atoms with Crippen LogP contribution in [0.2, 0.25) is 0 Å². The average Bonchev–Trinajstić information content (AvgIpc) is 3.29. The Morgan fingerprint density at radius 1 is 1.32 bits per heavy atom. The number of H-pyrrole nitrogens is 1. The molecule has 0 unspecified atom stereocenters. The van der Waals surface area contributed by atoms with E-state index in [0.29, 0.717) is 19.7 Å². The molecule has 0 bridgehead atoms. The number of nitrogens with zero attached hydrogens (tertiary/aromatic N) is 4. The van der Waals surface area contributed by atoms with Gasteiger partial charge in [0, 0.05) is 49.4 Å². The van der Waals surface area contributed by atoms with Gasteiger partial charge in [0.2, 0.25) is 0 Å². The molecule has 0 saturated carbocycles. The van der Waals surface area contributed by atoms with E-state index in [1.165, 1.54) is 0 Å². The van der Waals surface area contributed by atoms with Crippen molar-refractivity contribution in [3.63, 3.8) is 0 Å². The zero-order valence-corrected chi connectivity index (χ0v) is 16.7. The van der Waals surface area contributed by atoms with Crippen molar-refractivity contribution in [1.29, 1.82) is 0 Å². The van der Waals surface area contributed by atoms with E-state index in [1.54, 1.807) is 18.2 Å². The molecule has 148 valence electrons. The summed E-state index contributed by atoms with van der Waals surface area (Å²) in [7, 11) is 3.54. The first kappa shape index (κ1) is 19.6. The fourth-order valence-corrected chi connectivity index (χ4v) is 3.07. The molecular weight excluding hydrogens is 356 g/mol. The number of hydrogen-bond donors (Lipinski definition) is 2. The second kappa shape index (κ2) is 8.71. The maximum atomic E-state index is 13.0. The molecule has 0 atom stereocenters. The van der Waals surface area contributed by atoms with Gasteiger partial charge < -0.3 is 15.0 Å². The van der Waals surface area contributed by atoms with E-state index in [-0.39, 0.29) is 6.03 Å². The number of nitrogens with one attached hydrogen (secondary N) is 2. The van der Waals surface area contributed by atoms with E-state index in [1.807, 2.05) is 55.9 Å². The van der Waals surface area contributed by atoms with Gasteiger partial charge in [-0.25, -0.2) is 4.79 Å². The van der Waals surface area contributed by atoms with Crippen molar-refractivity contribution in [2.24, 2.45) is 7.05 Å². The first-order chi connectivity index (χ1) is 13.5.